The van der Waals surface area contributed by atoms with Crippen molar-refractivity contribution in [3.63, 3.8) is 0 Å². The van der Waals surface area contributed by atoms with Crippen LogP contribution in [0.4, 0.5) is 5.69 Å². The van der Waals surface area contributed by atoms with E-state index in [9.17, 15) is 9.59 Å². The molecule has 2 aromatic carbocycles. The Labute approximate surface area is 188 Å². The summed E-state index contributed by atoms with van der Waals surface area (Å²) in [6.07, 6.45) is 2.01. The van der Waals surface area contributed by atoms with E-state index in [1.165, 1.54) is 4.90 Å². The first-order valence-electron chi connectivity index (χ1n) is 11.0. The van der Waals surface area contributed by atoms with Gasteiger partial charge in [-0.2, -0.15) is 5.26 Å². The Hall–Kier alpha value is -3.59. The van der Waals surface area contributed by atoms with Crippen LogP contribution in [0.3, 0.4) is 0 Å². The fourth-order valence-corrected chi connectivity index (χ4v) is 4.20. The molecule has 0 atom stereocenters. The topological polar surface area (TPSA) is 73.6 Å². The summed E-state index contributed by atoms with van der Waals surface area (Å²) >= 11 is 0. The highest BCUT2D eigenvalue weighted by Crippen LogP contribution is 2.37. The van der Waals surface area contributed by atoms with Crippen LogP contribution in [0.15, 0.2) is 54.2 Å². The molecular formula is C26H27N3O3. The maximum atomic E-state index is 13.6. The molecule has 2 heterocycles. The SMILES string of the molecule is CC1CCN(C2=C(c3ccc(OC(C)C)cc3)C(=O)N(c3ccc(C#N)cc3)C2=O)CC1. The third-order valence-electron chi connectivity index (χ3n) is 5.93. The van der Waals surface area contributed by atoms with Crippen molar-refractivity contribution in [3.8, 4) is 11.8 Å². The second kappa shape index (κ2) is 8.88. The van der Waals surface area contributed by atoms with Gasteiger partial charge in [-0.1, -0.05) is 19.1 Å². The Morgan fingerprint density at radius 2 is 1.59 bits per heavy atom. The molecule has 0 aromatic heterocycles. The number of hydrogen-bond donors (Lipinski definition) is 0. The molecule has 164 valence electrons. The molecule has 2 aliphatic rings. The quantitative estimate of drug-likeness (QED) is 0.660. The number of piperidine rings is 1. The summed E-state index contributed by atoms with van der Waals surface area (Å²) in [6.45, 7) is 7.62. The molecule has 2 amide bonds. The van der Waals surface area contributed by atoms with Crippen molar-refractivity contribution in [1.82, 2.24) is 4.90 Å². The number of amides is 2. The predicted molar refractivity (Wildman–Crippen MR) is 123 cm³/mol. The van der Waals surface area contributed by atoms with Gasteiger partial charge in [0.1, 0.15) is 11.4 Å². The lowest BCUT2D eigenvalue weighted by Crippen LogP contribution is -2.38. The van der Waals surface area contributed by atoms with Crippen LogP contribution >= 0.6 is 0 Å². The van der Waals surface area contributed by atoms with Crippen LogP contribution in [-0.4, -0.2) is 35.9 Å². The third-order valence-corrected chi connectivity index (χ3v) is 5.93. The minimum Gasteiger partial charge on any atom is -0.491 e. The Bertz CT molecular complexity index is 1090. The summed E-state index contributed by atoms with van der Waals surface area (Å²) in [4.78, 5) is 30.4. The van der Waals surface area contributed by atoms with Gasteiger partial charge in [-0.05, 0) is 74.6 Å². The van der Waals surface area contributed by atoms with Gasteiger partial charge in [0.25, 0.3) is 11.8 Å². The highest BCUT2D eigenvalue weighted by atomic mass is 16.5. The van der Waals surface area contributed by atoms with Crippen LogP contribution in [0.25, 0.3) is 5.57 Å². The van der Waals surface area contributed by atoms with Gasteiger partial charge in [0.05, 0.1) is 29.0 Å². The number of hydrogen-bond acceptors (Lipinski definition) is 5. The monoisotopic (exact) mass is 429 g/mol. The van der Waals surface area contributed by atoms with Crippen molar-refractivity contribution in [2.45, 2.75) is 39.7 Å². The first kappa shape index (κ1) is 21.6. The number of carbonyl (C=O) groups excluding carboxylic acids is 2. The molecule has 2 aromatic rings. The molecule has 0 unspecified atom stereocenters. The molecule has 1 fully saturated rings. The van der Waals surface area contributed by atoms with Gasteiger partial charge in [-0.3, -0.25) is 9.59 Å². The van der Waals surface area contributed by atoms with Crippen LogP contribution in [-0.2, 0) is 9.59 Å². The third kappa shape index (κ3) is 4.11. The van der Waals surface area contributed by atoms with Crippen molar-refractivity contribution in [3.05, 3.63) is 65.4 Å². The van der Waals surface area contributed by atoms with Crippen LogP contribution in [0.5, 0.6) is 5.75 Å². The largest absolute Gasteiger partial charge is 0.491 e. The van der Waals surface area contributed by atoms with Crippen molar-refractivity contribution in [2.24, 2.45) is 5.92 Å². The van der Waals surface area contributed by atoms with E-state index in [0.717, 1.165) is 31.7 Å². The zero-order valence-electron chi connectivity index (χ0n) is 18.7. The minimum absolute atomic E-state index is 0.0486. The molecule has 4 rings (SSSR count). The number of rotatable bonds is 5. The van der Waals surface area contributed by atoms with Crippen LogP contribution < -0.4 is 9.64 Å². The molecule has 0 radical (unpaired) electrons. The molecule has 32 heavy (non-hydrogen) atoms. The Balaban J connectivity index is 1.75. The van der Waals surface area contributed by atoms with Gasteiger partial charge in [0.2, 0.25) is 0 Å². The normalized spacial score (nSPS) is 17.3. The van der Waals surface area contributed by atoms with Crippen LogP contribution in [0.2, 0.25) is 0 Å². The Morgan fingerprint density at radius 1 is 0.969 bits per heavy atom. The molecule has 0 bridgehead atoms. The smallest absolute Gasteiger partial charge is 0.282 e. The van der Waals surface area contributed by atoms with Crippen LogP contribution in [0.1, 0.15) is 44.7 Å². The molecule has 0 saturated carbocycles. The summed E-state index contributed by atoms with van der Waals surface area (Å²) in [6, 6.07) is 15.9. The van der Waals surface area contributed by atoms with Gasteiger partial charge >= 0.3 is 0 Å². The molecule has 1 saturated heterocycles. The predicted octanol–water partition coefficient (Wildman–Crippen LogP) is 4.36. The molecule has 0 N–H and O–H groups in total. The molecule has 0 spiro atoms. The maximum absolute atomic E-state index is 13.6. The first-order chi connectivity index (χ1) is 15.4. The summed E-state index contributed by atoms with van der Waals surface area (Å²) in [5.41, 5.74) is 2.53. The number of benzene rings is 2. The fourth-order valence-electron chi connectivity index (χ4n) is 4.20. The molecular weight excluding hydrogens is 402 g/mol. The van der Waals surface area contributed by atoms with Gasteiger partial charge in [-0.25, -0.2) is 4.90 Å². The van der Waals surface area contributed by atoms with Crippen molar-refractivity contribution >= 4 is 23.1 Å². The second-order valence-electron chi connectivity index (χ2n) is 8.69. The first-order valence-corrected chi connectivity index (χ1v) is 11.0. The van der Waals surface area contributed by atoms with E-state index < -0.39 is 0 Å². The Morgan fingerprint density at radius 3 is 2.16 bits per heavy atom. The van der Waals surface area contributed by atoms with Crippen LogP contribution in [0, 0.1) is 17.2 Å². The zero-order chi connectivity index (χ0) is 22.8. The summed E-state index contributed by atoms with van der Waals surface area (Å²) in [7, 11) is 0. The minimum atomic E-state index is -0.342. The molecule has 0 aliphatic carbocycles. The summed E-state index contributed by atoms with van der Waals surface area (Å²) in [5, 5.41) is 9.08. The Kier molecular flexibility index (Phi) is 6.00. The number of imide groups is 1. The van der Waals surface area contributed by atoms with Crippen molar-refractivity contribution in [2.75, 3.05) is 18.0 Å². The van der Waals surface area contributed by atoms with E-state index in [0.29, 0.717) is 34.0 Å². The van der Waals surface area contributed by atoms with Gasteiger partial charge in [-0.15, -0.1) is 0 Å². The molecule has 2 aliphatic heterocycles. The number of nitrogens with zero attached hydrogens (tertiary/aromatic N) is 3. The van der Waals surface area contributed by atoms with Gasteiger partial charge in [0.15, 0.2) is 0 Å². The highest BCUT2D eigenvalue weighted by molar-refractivity contribution is 6.45. The highest BCUT2D eigenvalue weighted by Gasteiger charge is 2.43. The average molecular weight is 430 g/mol. The molecule has 6 nitrogen and oxygen atoms in total. The molecule has 6 heteroatoms. The van der Waals surface area contributed by atoms with E-state index in [1.54, 1.807) is 24.3 Å². The van der Waals surface area contributed by atoms with Gasteiger partial charge < -0.3 is 9.64 Å². The van der Waals surface area contributed by atoms with E-state index in [2.05, 4.69) is 17.9 Å². The van der Waals surface area contributed by atoms with E-state index >= 15 is 0 Å². The summed E-state index contributed by atoms with van der Waals surface area (Å²) in [5.74, 6) is 0.667. The van der Waals surface area contributed by atoms with Gasteiger partial charge in [0, 0.05) is 13.1 Å². The maximum Gasteiger partial charge on any atom is 0.282 e. The fraction of sp³-hybridized carbons (Fsp3) is 0.346. The zero-order valence-corrected chi connectivity index (χ0v) is 18.7. The standard InChI is InChI=1S/C26H27N3O3/c1-17(2)32-22-10-6-20(7-11-22)23-24(28-14-12-18(3)13-15-28)26(31)29(25(23)30)21-8-4-19(16-27)5-9-21/h4-11,17-18H,12-15H2,1-3H3. The van der Waals surface area contributed by atoms with E-state index in [1.807, 2.05) is 38.1 Å². The average Bonchev–Trinajstić information content (AvgIpc) is 3.04. The lowest BCUT2D eigenvalue weighted by molar-refractivity contribution is -0.120. The number of carbonyl (C=O) groups is 2. The lowest BCUT2D eigenvalue weighted by atomic mass is 9.97. The number of ether oxygens (including phenoxy) is 1. The number of anilines is 1. The second-order valence-corrected chi connectivity index (χ2v) is 8.69. The van der Waals surface area contributed by atoms with Crippen molar-refractivity contribution < 1.29 is 14.3 Å². The number of likely N-dealkylation sites (tertiary alicyclic amines) is 1. The number of nitriles is 1. The van der Waals surface area contributed by atoms with Crippen molar-refractivity contribution in [1.29, 1.82) is 5.26 Å². The van der Waals surface area contributed by atoms with E-state index in [4.69, 9.17) is 10.00 Å². The lowest BCUT2D eigenvalue weighted by Gasteiger charge is -2.32. The summed E-state index contributed by atoms with van der Waals surface area (Å²) < 4.78 is 5.73. The van der Waals surface area contributed by atoms with E-state index in [-0.39, 0.29) is 17.9 Å².